The molecule has 1 saturated heterocycles. The number of aliphatic hydroxyl groups is 1. The molecule has 3 aromatic rings. The highest BCUT2D eigenvalue weighted by Crippen LogP contribution is 2.31. The Balaban J connectivity index is 0.00000324. The van der Waals surface area contributed by atoms with Gasteiger partial charge in [0, 0.05) is 25.0 Å². The molecule has 6 nitrogen and oxygen atoms in total. The Bertz CT molecular complexity index is 1300. The quantitative estimate of drug-likeness (QED) is 0.456. The van der Waals surface area contributed by atoms with E-state index in [4.69, 9.17) is 0 Å². The van der Waals surface area contributed by atoms with Crippen LogP contribution in [-0.4, -0.2) is 42.1 Å². The van der Waals surface area contributed by atoms with Crippen LogP contribution in [0.3, 0.4) is 0 Å². The monoisotopic (exact) mass is 577 g/mol. The van der Waals surface area contributed by atoms with E-state index in [1.165, 1.54) is 27.8 Å². The fraction of sp³-hybridized carbons (Fsp3) is 0.318. The Kier molecular flexibility index (Phi) is 8.40. The maximum absolute atomic E-state index is 13.0. The van der Waals surface area contributed by atoms with Crippen molar-refractivity contribution in [1.82, 2.24) is 8.87 Å². The number of alkyl halides is 3. The number of sulfonamides is 1. The third kappa shape index (κ3) is 5.62. The Hall–Kier alpha value is -1.99. The van der Waals surface area contributed by atoms with Gasteiger partial charge in [0.2, 0.25) is 10.0 Å². The highest BCUT2D eigenvalue weighted by Gasteiger charge is 2.30. The zero-order chi connectivity index (χ0) is 23.6. The molecule has 1 aliphatic rings. The van der Waals surface area contributed by atoms with Crippen molar-refractivity contribution in [3.05, 3.63) is 64.3 Å². The largest absolute Gasteiger partial charge is 0.416 e. The predicted molar refractivity (Wildman–Crippen MR) is 130 cm³/mol. The molecule has 12 heteroatoms. The maximum atomic E-state index is 13.0. The fourth-order valence-corrected chi connectivity index (χ4v) is 6.18. The van der Waals surface area contributed by atoms with E-state index < -0.39 is 21.8 Å². The van der Waals surface area contributed by atoms with Crippen LogP contribution in [0.4, 0.5) is 18.9 Å². The number of rotatable bonds is 6. The number of aromatic nitrogens is 1. The van der Waals surface area contributed by atoms with Gasteiger partial charge in [-0.3, -0.25) is 0 Å². The zero-order valence-corrected chi connectivity index (χ0v) is 21.2. The molecule has 2 heterocycles. The summed E-state index contributed by atoms with van der Waals surface area (Å²) >= 11 is 1.23. The first-order chi connectivity index (χ1) is 15.7. The zero-order valence-electron chi connectivity index (χ0n) is 17.9. The number of thiazole rings is 1. The molecular formula is C22H23BrF3N3O3S2. The van der Waals surface area contributed by atoms with Crippen LogP contribution in [0.15, 0.2) is 63.8 Å². The first-order valence-electron chi connectivity index (χ1n) is 10.3. The van der Waals surface area contributed by atoms with Gasteiger partial charge in [-0.2, -0.15) is 17.5 Å². The molecule has 1 fully saturated rings. The lowest BCUT2D eigenvalue weighted by atomic mass is 10.2. The van der Waals surface area contributed by atoms with Gasteiger partial charge in [-0.15, -0.1) is 28.3 Å². The molecule has 0 radical (unpaired) electrons. The Morgan fingerprint density at radius 3 is 2.35 bits per heavy atom. The van der Waals surface area contributed by atoms with Crippen LogP contribution in [-0.2, 0) is 22.7 Å². The SMILES string of the molecule is Br.O=S(=O)(c1ccc(-c2csc(=Nc3cccc(C(F)(F)F)c3)n2CCO)cc1)N1CCCC1. The number of hydrogen-bond donors (Lipinski definition) is 1. The Labute approximate surface area is 209 Å². The second-order valence-electron chi connectivity index (χ2n) is 7.57. The van der Waals surface area contributed by atoms with E-state index >= 15 is 0 Å². The standard InChI is InChI=1S/C22H22F3N3O3S2.BrH/c23-22(24,25)17-4-3-5-18(14-17)26-21-28(12-13-29)20(15-32-21)16-6-8-19(9-7-16)33(30,31)27-10-1-2-11-27;/h3-9,14-15,29H,1-2,10-13H2;1H. The third-order valence-electron chi connectivity index (χ3n) is 5.37. The van der Waals surface area contributed by atoms with Gasteiger partial charge in [-0.25, -0.2) is 13.4 Å². The Morgan fingerprint density at radius 2 is 1.74 bits per heavy atom. The van der Waals surface area contributed by atoms with E-state index in [-0.39, 0.29) is 40.7 Å². The summed E-state index contributed by atoms with van der Waals surface area (Å²) < 4.78 is 67.8. The number of benzene rings is 2. The van der Waals surface area contributed by atoms with Gasteiger partial charge in [0.1, 0.15) is 0 Å². The van der Waals surface area contributed by atoms with Gasteiger partial charge in [0.25, 0.3) is 0 Å². The van der Waals surface area contributed by atoms with Crippen LogP contribution < -0.4 is 4.80 Å². The summed E-state index contributed by atoms with van der Waals surface area (Å²) in [6.45, 7) is 1.03. The summed E-state index contributed by atoms with van der Waals surface area (Å²) in [6, 6.07) is 11.2. The van der Waals surface area contributed by atoms with Crippen LogP contribution in [0.2, 0.25) is 0 Å². The minimum atomic E-state index is -4.47. The summed E-state index contributed by atoms with van der Waals surface area (Å²) in [5, 5.41) is 11.3. The maximum Gasteiger partial charge on any atom is 0.416 e. The summed E-state index contributed by atoms with van der Waals surface area (Å²) in [6.07, 6.45) is -2.76. The summed E-state index contributed by atoms with van der Waals surface area (Å²) in [5.74, 6) is 0. The molecule has 4 rings (SSSR count). The number of nitrogens with zero attached hydrogens (tertiary/aromatic N) is 3. The average molecular weight is 578 g/mol. The van der Waals surface area contributed by atoms with Gasteiger partial charge in [-0.05, 0) is 48.7 Å². The Morgan fingerprint density at radius 1 is 1.06 bits per heavy atom. The normalized spacial score (nSPS) is 15.5. The number of aliphatic hydroxyl groups excluding tert-OH is 1. The second kappa shape index (κ2) is 10.7. The molecule has 0 aliphatic carbocycles. The average Bonchev–Trinajstić information content (AvgIpc) is 3.45. The van der Waals surface area contributed by atoms with Crippen LogP contribution >= 0.6 is 28.3 Å². The van der Waals surface area contributed by atoms with Gasteiger partial charge >= 0.3 is 6.18 Å². The lowest BCUT2D eigenvalue weighted by molar-refractivity contribution is -0.137. The van der Waals surface area contributed by atoms with Crippen molar-refractivity contribution < 1.29 is 26.7 Å². The molecule has 1 aliphatic heterocycles. The number of hydrogen-bond acceptors (Lipinski definition) is 5. The second-order valence-corrected chi connectivity index (χ2v) is 10.3. The third-order valence-corrected chi connectivity index (χ3v) is 8.15. The van der Waals surface area contributed by atoms with Gasteiger partial charge in [0.15, 0.2) is 4.80 Å². The van der Waals surface area contributed by atoms with E-state index in [1.807, 2.05) is 0 Å². The highest BCUT2D eigenvalue weighted by molar-refractivity contribution is 8.93. The molecule has 0 amide bonds. The molecule has 0 spiro atoms. The molecule has 1 aromatic heterocycles. The molecule has 1 N–H and O–H groups in total. The van der Waals surface area contributed by atoms with Crippen molar-refractivity contribution in [3.63, 3.8) is 0 Å². The fourth-order valence-electron chi connectivity index (χ4n) is 3.70. The van der Waals surface area contributed by atoms with E-state index in [2.05, 4.69) is 4.99 Å². The first-order valence-corrected chi connectivity index (χ1v) is 12.6. The smallest absolute Gasteiger partial charge is 0.395 e. The van der Waals surface area contributed by atoms with Crippen molar-refractivity contribution in [2.24, 2.45) is 4.99 Å². The lowest BCUT2D eigenvalue weighted by Crippen LogP contribution is -2.27. The highest BCUT2D eigenvalue weighted by atomic mass is 79.9. The minimum Gasteiger partial charge on any atom is -0.395 e. The van der Waals surface area contributed by atoms with Gasteiger partial charge < -0.3 is 9.67 Å². The van der Waals surface area contributed by atoms with E-state index in [0.29, 0.717) is 29.1 Å². The molecule has 0 saturated carbocycles. The molecule has 0 unspecified atom stereocenters. The topological polar surface area (TPSA) is 74.9 Å². The van der Waals surface area contributed by atoms with Crippen molar-refractivity contribution in [2.75, 3.05) is 19.7 Å². The summed E-state index contributed by atoms with van der Waals surface area (Å²) in [5.41, 5.74) is 0.761. The van der Waals surface area contributed by atoms with Crippen LogP contribution in [0.25, 0.3) is 11.3 Å². The van der Waals surface area contributed by atoms with Gasteiger partial charge in [0.05, 0.1) is 28.4 Å². The van der Waals surface area contributed by atoms with E-state index in [0.717, 1.165) is 25.0 Å². The molecule has 184 valence electrons. The van der Waals surface area contributed by atoms with Crippen molar-refractivity contribution in [3.8, 4) is 11.3 Å². The van der Waals surface area contributed by atoms with Crippen LogP contribution in [0.5, 0.6) is 0 Å². The molecule has 34 heavy (non-hydrogen) atoms. The summed E-state index contributed by atoms with van der Waals surface area (Å²) in [7, 11) is -3.53. The first kappa shape index (κ1) is 26.6. The molecular weight excluding hydrogens is 555 g/mol. The van der Waals surface area contributed by atoms with E-state index in [9.17, 15) is 26.7 Å². The predicted octanol–water partition coefficient (Wildman–Crippen LogP) is 4.82. The van der Waals surface area contributed by atoms with Crippen molar-refractivity contribution >= 4 is 44.0 Å². The lowest BCUT2D eigenvalue weighted by Gasteiger charge is -2.15. The molecule has 2 aromatic carbocycles. The minimum absolute atomic E-state index is 0. The van der Waals surface area contributed by atoms with Crippen molar-refractivity contribution in [2.45, 2.75) is 30.5 Å². The summed E-state index contributed by atoms with van der Waals surface area (Å²) in [4.78, 5) is 4.99. The van der Waals surface area contributed by atoms with Crippen LogP contribution in [0, 0.1) is 0 Å². The molecule has 0 bridgehead atoms. The molecule has 0 atom stereocenters. The van der Waals surface area contributed by atoms with Crippen molar-refractivity contribution in [1.29, 1.82) is 0 Å². The van der Waals surface area contributed by atoms with Crippen LogP contribution in [0.1, 0.15) is 18.4 Å². The van der Waals surface area contributed by atoms with E-state index in [1.54, 1.807) is 34.2 Å². The van der Waals surface area contributed by atoms with Gasteiger partial charge in [-0.1, -0.05) is 18.2 Å². The number of halogens is 4.